The lowest BCUT2D eigenvalue weighted by atomic mass is 10.0. The minimum Gasteiger partial charge on any atom is -0.310 e. The summed E-state index contributed by atoms with van der Waals surface area (Å²) in [5.41, 5.74) is 0.514. The molecule has 2 unspecified atom stereocenters. The van der Waals surface area contributed by atoms with Gasteiger partial charge in [-0.15, -0.1) is 0 Å². The number of hydrogen-bond acceptors (Lipinski definition) is 2. The molecule has 0 spiro atoms. The lowest BCUT2D eigenvalue weighted by Gasteiger charge is -2.18. The molecule has 1 aromatic rings. The average molecular weight is 259 g/mol. The van der Waals surface area contributed by atoms with Crippen LogP contribution in [0.1, 0.15) is 31.4 Å². The molecular weight excluding hydrogens is 244 g/mol. The van der Waals surface area contributed by atoms with Crippen molar-refractivity contribution in [3.8, 4) is 0 Å². The van der Waals surface area contributed by atoms with Gasteiger partial charge in [0, 0.05) is 17.9 Å². The van der Waals surface area contributed by atoms with Crippen molar-refractivity contribution >= 4 is 10.8 Å². The van der Waals surface area contributed by atoms with Crippen LogP contribution < -0.4 is 5.32 Å². The molecule has 1 aliphatic heterocycles. The molecule has 0 fully saturated rings. The highest BCUT2D eigenvalue weighted by molar-refractivity contribution is 7.85. The molecule has 5 heteroatoms. The van der Waals surface area contributed by atoms with Gasteiger partial charge in [-0.05, 0) is 31.0 Å². The maximum absolute atomic E-state index is 13.7. The highest BCUT2D eigenvalue weighted by Gasteiger charge is 2.25. The van der Waals surface area contributed by atoms with Gasteiger partial charge in [0.05, 0.1) is 15.7 Å². The van der Waals surface area contributed by atoms with Crippen LogP contribution in [-0.4, -0.2) is 16.5 Å². The predicted molar refractivity (Wildman–Crippen MR) is 63.3 cm³/mol. The monoisotopic (exact) mass is 259 g/mol. The van der Waals surface area contributed by atoms with Gasteiger partial charge in [0.1, 0.15) is 11.6 Å². The number of fused-ring (bicyclic) bond motifs is 1. The highest BCUT2D eigenvalue weighted by Crippen LogP contribution is 2.31. The van der Waals surface area contributed by atoms with Crippen molar-refractivity contribution in [2.24, 2.45) is 0 Å². The van der Waals surface area contributed by atoms with Crippen molar-refractivity contribution in [3.63, 3.8) is 0 Å². The standard InChI is InChI=1S/C12H15F2NOS/c1-2-15-11-4-3-5-17(16)12-9(11)6-8(13)7-10(12)14/h6-7,11,15H,2-5H2,1H3. The van der Waals surface area contributed by atoms with Crippen molar-refractivity contribution < 1.29 is 13.0 Å². The second kappa shape index (κ2) is 5.23. The maximum Gasteiger partial charge on any atom is 0.142 e. The number of halogens is 2. The molecule has 0 radical (unpaired) electrons. The van der Waals surface area contributed by atoms with Crippen LogP contribution in [-0.2, 0) is 10.8 Å². The maximum atomic E-state index is 13.7. The fraction of sp³-hybridized carbons (Fsp3) is 0.500. The summed E-state index contributed by atoms with van der Waals surface area (Å²) in [5, 5.41) is 3.19. The van der Waals surface area contributed by atoms with Crippen LogP contribution in [0.2, 0.25) is 0 Å². The molecule has 1 aliphatic rings. The summed E-state index contributed by atoms with van der Waals surface area (Å²) in [6, 6.07) is 2.01. The summed E-state index contributed by atoms with van der Waals surface area (Å²) in [7, 11) is -1.36. The van der Waals surface area contributed by atoms with Crippen LogP contribution >= 0.6 is 0 Å². The molecule has 2 nitrogen and oxygen atoms in total. The Bertz CT molecular complexity index is 450. The molecule has 0 saturated heterocycles. The summed E-state index contributed by atoms with van der Waals surface area (Å²) in [6.07, 6.45) is 1.51. The molecular formula is C12H15F2NOS. The molecule has 2 rings (SSSR count). The number of hydrogen-bond donors (Lipinski definition) is 1. The zero-order valence-electron chi connectivity index (χ0n) is 9.63. The van der Waals surface area contributed by atoms with E-state index in [2.05, 4.69) is 5.32 Å². The van der Waals surface area contributed by atoms with E-state index in [-0.39, 0.29) is 10.9 Å². The van der Waals surface area contributed by atoms with E-state index < -0.39 is 22.4 Å². The molecule has 0 bridgehead atoms. The van der Waals surface area contributed by atoms with Crippen molar-refractivity contribution in [3.05, 3.63) is 29.3 Å². The van der Waals surface area contributed by atoms with Gasteiger partial charge in [0.25, 0.3) is 0 Å². The third-order valence-corrected chi connectivity index (χ3v) is 4.46. The number of benzene rings is 1. The first-order valence-electron chi connectivity index (χ1n) is 5.74. The third kappa shape index (κ3) is 2.55. The molecule has 0 aromatic heterocycles. The fourth-order valence-electron chi connectivity index (χ4n) is 2.21. The first-order valence-corrected chi connectivity index (χ1v) is 7.06. The molecule has 1 aromatic carbocycles. The van der Waals surface area contributed by atoms with Crippen LogP contribution in [0.15, 0.2) is 17.0 Å². The van der Waals surface area contributed by atoms with Gasteiger partial charge >= 0.3 is 0 Å². The molecule has 2 atom stereocenters. The second-order valence-electron chi connectivity index (χ2n) is 4.11. The molecule has 17 heavy (non-hydrogen) atoms. The van der Waals surface area contributed by atoms with Gasteiger partial charge in [-0.1, -0.05) is 6.92 Å². The Hall–Kier alpha value is -0.810. The zero-order chi connectivity index (χ0) is 12.4. The normalized spacial score (nSPS) is 24.2. The van der Waals surface area contributed by atoms with E-state index in [0.29, 0.717) is 11.3 Å². The van der Waals surface area contributed by atoms with Gasteiger partial charge in [0.2, 0.25) is 0 Å². The Morgan fingerprint density at radius 3 is 2.94 bits per heavy atom. The van der Waals surface area contributed by atoms with Crippen molar-refractivity contribution in [1.82, 2.24) is 5.32 Å². The van der Waals surface area contributed by atoms with Gasteiger partial charge in [-0.2, -0.15) is 0 Å². The summed E-state index contributed by atoms with van der Waals surface area (Å²) in [6.45, 7) is 2.66. The van der Waals surface area contributed by atoms with Gasteiger partial charge < -0.3 is 5.32 Å². The zero-order valence-corrected chi connectivity index (χ0v) is 10.4. The van der Waals surface area contributed by atoms with Crippen LogP contribution in [0.4, 0.5) is 8.78 Å². The summed E-state index contributed by atoms with van der Waals surface area (Å²) in [4.78, 5) is 0.176. The molecule has 0 aliphatic carbocycles. The van der Waals surface area contributed by atoms with E-state index in [1.54, 1.807) is 0 Å². The van der Waals surface area contributed by atoms with Crippen molar-refractivity contribution in [2.75, 3.05) is 12.3 Å². The fourth-order valence-corrected chi connectivity index (χ4v) is 3.59. The van der Waals surface area contributed by atoms with E-state index in [4.69, 9.17) is 0 Å². The van der Waals surface area contributed by atoms with Gasteiger partial charge in [-0.3, -0.25) is 4.21 Å². The largest absolute Gasteiger partial charge is 0.310 e. The van der Waals surface area contributed by atoms with E-state index in [9.17, 15) is 13.0 Å². The van der Waals surface area contributed by atoms with E-state index in [1.807, 2.05) is 6.92 Å². The van der Waals surface area contributed by atoms with Crippen LogP contribution in [0, 0.1) is 11.6 Å². The Kier molecular flexibility index (Phi) is 3.89. The van der Waals surface area contributed by atoms with E-state index >= 15 is 0 Å². The second-order valence-corrected chi connectivity index (χ2v) is 5.62. The number of rotatable bonds is 2. The average Bonchev–Trinajstić information content (AvgIpc) is 2.40. The Balaban J connectivity index is 2.54. The lowest BCUT2D eigenvalue weighted by Crippen LogP contribution is -2.21. The van der Waals surface area contributed by atoms with Gasteiger partial charge in [0.15, 0.2) is 0 Å². The van der Waals surface area contributed by atoms with E-state index in [0.717, 1.165) is 25.5 Å². The third-order valence-electron chi connectivity index (χ3n) is 2.91. The Morgan fingerprint density at radius 1 is 1.47 bits per heavy atom. The minimum absolute atomic E-state index is 0.105. The SMILES string of the molecule is CCNC1CCCS(=O)c2c(F)cc(F)cc21. The first kappa shape index (κ1) is 12.6. The highest BCUT2D eigenvalue weighted by atomic mass is 32.2. The molecule has 0 amide bonds. The van der Waals surface area contributed by atoms with Crippen LogP contribution in [0.25, 0.3) is 0 Å². The predicted octanol–water partition coefficient (Wildman–Crippen LogP) is 2.52. The van der Waals surface area contributed by atoms with E-state index in [1.165, 1.54) is 6.07 Å². The van der Waals surface area contributed by atoms with Gasteiger partial charge in [-0.25, -0.2) is 8.78 Å². The molecule has 1 heterocycles. The minimum atomic E-state index is -1.36. The van der Waals surface area contributed by atoms with Crippen molar-refractivity contribution in [1.29, 1.82) is 0 Å². The first-order chi connectivity index (χ1) is 8.13. The summed E-state index contributed by atoms with van der Waals surface area (Å²) in [5.74, 6) is -0.858. The topological polar surface area (TPSA) is 29.1 Å². The quantitative estimate of drug-likeness (QED) is 0.884. The molecule has 0 saturated carbocycles. The lowest BCUT2D eigenvalue weighted by molar-refractivity contribution is 0.490. The smallest absolute Gasteiger partial charge is 0.142 e. The van der Waals surface area contributed by atoms with Crippen LogP contribution in [0.5, 0.6) is 0 Å². The van der Waals surface area contributed by atoms with Crippen molar-refractivity contribution in [2.45, 2.75) is 30.7 Å². The molecule has 94 valence electrons. The summed E-state index contributed by atoms with van der Waals surface area (Å²) >= 11 is 0. The molecule has 1 N–H and O–H groups in total. The summed E-state index contributed by atoms with van der Waals surface area (Å²) < 4.78 is 38.9. The Morgan fingerprint density at radius 2 is 2.24 bits per heavy atom. The Labute approximate surface area is 102 Å². The number of nitrogens with one attached hydrogen (secondary N) is 1. The van der Waals surface area contributed by atoms with Crippen LogP contribution in [0.3, 0.4) is 0 Å².